The number of hydrazine groups is 1. The third-order valence-corrected chi connectivity index (χ3v) is 3.71. The summed E-state index contributed by atoms with van der Waals surface area (Å²) in [5.41, 5.74) is 2.75. The molecule has 1 rings (SSSR count). The fourth-order valence-corrected chi connectivity index (χ4v) is 2.89. The predicted octanol–water partition coefficient (Wildman–Crippen LogP) is 1.70. The Morgan fingerprint density at radius 1 is 1.25 bits per heavy atom. The van der Waals surface area contributed by atoms with Gasteiger partial charge in [-0.2, -0.15) is 0 Å². The van der Waals surface area contributed by atoms with Gasteiger partial charge in [-0.05, 0) is 39.3 Å². The minimum Gasteiger partial charge on any atom is -0.351 e. The number of hydrogen-bond acceptors (Lipinski definition) is 3. The van der Waals surface area contributed by atoms with Crippen LogP contribution in [-0.4, -0.2) is 43.6 Å². The van der Waals surface area contributed by atoms with Gasteiger partial charge in [0.05, 0.1) is 6.04 Å². The van der Waals surface area contributed by atoms with Crippen molar-refractivity contribution in [1.29, 1.82) is 0 Å². The largest absolute Gasteiger partial charge is 0.351 e. The van der Waals surface area contributed by atoms with Crippen molar-refractivity contribution in [3.63, 3.8) is 0 Å². The Kier molecular flexibility index (Phi) is 7.92. The number of hydrogen-bond donors (Lipinski definition) is 3. The van der Waals surface area contributed by atoms with Crippen LogP contribution in [0.15, 0.2) is 4.99 Å². The van der Waals surface area contributed by atoms with E-state index >= 15 is 0 Å². The number of nitrogens with zero attached hydrogens (tertiary/aromatic N) is 2. The summed E-state index contributed by atoms with van der Waals surface area (Å²) in [5, 5.41) is 3.49. The Morgan fingerprint density at radius 2 is 1.90 bits per heavy atom. The van der Waals surface area contributed by atoms with Crippen molar-refractivity contribution in [1.82, 2.24) is 15.6 Å². The highest BCUT2D eigenvalue weighted by Crippen LogP contribution is 2.20. The Balaban J connectivity index is 2.58. The lowest BCUT2D eigenvalue weighted by molar-refractivity contribution is 0.326. The standard InChI is InChI=1S/C15H33N5/c1-12(2)10-14(11-20(3)4)18-15(19-16)17-13-8-6-5-7-9-13/h12-14H,5-11,16H2,1-4H3,(H2,17,18,19). The van der Waals surface area contributed by atoms with E-state index in [1.165, 1.54) is 32.1 Å². The number of aliphatic imine (C=N–C) groups is 1. The second-order valence-corrected chi connectivity index (χ2v) is 6.65. The number of guanidine groups is 1. The number of rotatable bonds is 6. The van der Waals surface area contributed by atoms with E-state index in [-0.39, 0.29) is 0 Å². The number of nitrogens with one attached hydrogen (secondary N) is 2. The van der Waals surface area contributed by atoms with Crippen LogP contribution >= 0.6 is 0 Å². The van der Waals surface area contributed by atoms with Crippen LogP contribution in [0.1, 0.15) is 52.4 Å². The van der Waals surface area contributed by atoms with Crippen molar-refractivity contribution in [2.24, 2.45) is 16.8 Å². The zero-order valence-electron chi connectivity index (χ0n) is 13.7. The quantitative estimate of drug-likeness (QED) is 0.300. The number of nitrogens with two attached hydrogens (primary N) is 1. The summed E-state index contributed by atoms with van der Waals surface area (Å²) in [5.74, 6) is 7.05. The fourth-order valence-electron chi connectivity index (χ4n) is 2.89. The highest BCUT2D eigenvalue weighted by atomic mass is 15.3. The van der Waals surface area contributed by atoms with E-state index in [0.29, 0.717) is 18.0 Å². The van der Waals surface area contributed by atoms with Gasteiger partial charge in [-0.1, -0.05) is 33.1 Å². The van der Waals surface area contributed by atoms with Gasteiger partial charge in [-0.25, -0.2) is 10.8 Å². The molecule has 0 amide bonds. The highest BCUT2D eigenvalue weighted by molar-refractivity contribution is 5.79. The summed E-state index contributed by atoms with van der Waals surface area (Å²) >= 11 is 0. The maximum absolute atomic E-state index is 5.64. The molecule has 0 heterocycles. The van der Waals surface area contributed by atoms with Crippen LogP contribution in [0.2, 0.25) is 0 Å². The van der Waals surface area contributed by atoms with Crippen LogP contribution in [0.5, 0.6) is 0 Å². The van der Waals surface area contributed by atoms with Crippen molar-refractivity contribution in [2.75, 3.05) is 20.6 Å². The molecular formula is C15H33N5. The van der Waals surface area contributed by atoms with E-state index in [1.807, 2.05) is 0 Å². The molecular weight excluding hydrogens is 250 g/mol. The summed E-state index contributed by atoms with van der Waals surface area (Å²) in [7, 11) is 4.20. The third-order valence-electron chi connectivity index (χ3n) is 3.71. The van der Waals surface area contributed by atoms with Crippen LogP contribution < -0.4 is 16.6 Å². The Labute approximate surface area is 124 Å². The second kappa shape index (κ2) is 9.19. The molecule has 0 bridgehead atoms. The molecule has 0 aromatic carbocycles. The molecule has 20 heavy (non-hydrogen) atoms. The van der Waals surface area contributed by atoms with Gasteiger partial charge in [0.15, 0.2) is 0 Å². The SMILES string of the molecule is CC(C)CC(CN(C)C)NC(=NC1CCCCC1)NN. The van der Waals surface area contributed by atoms with Crippen LogP contribution in [0.4, 0.5) is 0 Å². The second-order valence-electron chi connectivity index (χ2n) is 6.65. The molecule has 5 nitrogen and oxygen atoms in total. The van der Waals surface area contributed by atoms with Crippen molar-refractivity contribution >= 4 is 5.96 Å². The summed E-state index contributed by atoms with van der Waals surface area (Å²) < 4.78 is 0. The van der Waals surface area contributed by atoms with E-state index < -0.39 is 0 Å². The topological polar surface area (TPSA) is 65.7 Å². The van der Waals surface area contributed by atoms with Gasteiger partial charge in [-0.3, -0.25) is 5.43 Å². The molecule has 1 saturated carbocycles. The summed E-state index contributed by atoms with van der Waals surface area (Å²) in [6.45, 7) is 5.49. The smallest absolute Gasteiger partial charge is 0.206 e. The lowest BCUT2D eigenvalue weighted by Crippen LogP contribution is -2.50. The van der Waals surface area contributed by atoms with Crippen molar-refractivity contribution in [3.8, 4) is 0 Å². The number of likely N-dealkylation sites (N-methyl/N-ethyl adjacent to an activating group) is 1. The van der Waals surface area contributed by atoms with Crippen LogP contribution in [0, 0.1) is 5.92 Å². The molecule has 1 unspecified atom stereocenters. The van der Waals surface area contributed by atoms with E-state index in [2.05, 4.69) is 43.6 Å². The van der Waals surface area contributed by atoms with Crippen LogP contribution in [0.3, 0.4) is 0 Å². The van der Waals surface area contributed by atoms with Gasteiger partial charge in [0.25, 0.3) is 0 Å². The first-order valence-electron chi connectivity index (χ1n) is 7.97. The fraction of sp³-hybridized carbons (Fsp3) is 0.933. The molecule has 1 fully saturated rings. The Bertz CT molecular complexity index is 272. The molecule has 0 spiro atoms. The van der Waals surface area contributed by atoms with Crippen molar-refractivity contribution < 1.29 is 0 Å². The maximum atomic E-state index is 5.64. The molecule has 0 radical (unpaired) electrons. The van der Waals surface area contributed by atoms with Crippen molar-refractivity contribution in [3.05, 3.63) is 0 Å². The van der Waals surface area contributed by atoms with Gasteiger partial charge in [0.1, 0.15) is 0 Å². The van der Waals surface area contributed by atoms with Gasteiger partial charge in [0.2, 0.25) is 5.96 Å². The molecule has 0 aromatic rings. The van der Waals surface area contributed by atoms with Gasteiger partial charge in [-0.15, -0.1) is 0 Å². The minimum absolute atomic E-state index is 0.378. The van der Waals surface area contributed by atoms with E-state index in [1.54, 1.807) is 0 Å². The molecule has 118 valence electrons. The molecule has 5 heteroatoms. The maximum Gasteiger partial charge on any atom is 0.206 e. The molecule has 0 aromatic heterocycles. The minimum atomic E-state index is 0.378. The monoisotopic (exact) mass is 283 g/mol. The Hall–Kier alpha value is -0.810. The van der Waals surface area contributed by atoms with E-state index in [9.17, 15) is 0 Å². The summed E-state index contributed by atoms with van der Waals surface area (Å²) in [6, 6.07) is 0.810. The van der Waals surface area contributed by atoms with E-state index in [4.69, 9.17) is 10.8 Å². The van der Waals surface area contributed by atoms with Gasteiger partial charge < -0.3 is 10.2 Å². The van der Waals surface area contributed by atoms with Crippen LogP contribution in [-0.2, 0) is 0 Å². The molecule has 0 saturated heterocycles. The average molecular weight is 283 g/mol. The Morgan fingerprint density at radius 3 is 2.40 bits per heavy atom. The van der Waals surface area contributed by atoms with Gasteiger partial charge in [0, 0.05) is 12.6 Å². The zero-order valence-corrected chi connectivity index (χ0v) is 13.7. The van der Waals surface area contributed by atoms with E-state index in [0.717, 1.165) is 18.9 Å². The molecule has 4 N–H and O–H groups in total. The average Bonchev–Trinajstić information content (AvgIpc) is 2.37. The van der Waals surface area contributed by atoms with Crippen molar-refractivity contribution in [2.45, 2.75) is 64.5 Å². The predicted molar refractivity (Wildman–Crippen MR) is 86.6 cm³/mol. The molecule has 1 aliphatic carbocycles. The third kappa shape index (κ3) is 7.10. The summed E-state index contributed by atoms with van der Waals surface area (Å²) in [6.07, 6.45) is 7.42. The zero-order chi connectivity index (χ0) is 15.0. The van der Waals surface area contributed by atoms with Gasteiger partial charge >= 0.3 is 0 Å². The normalized spacial score (nSPS) is 19.4. The first kappa shape index (κ1) is 17.2. The summed E-state index contributed by atoms with van der Waals surface area (Å²) in [4.78, 5) is 6.96. The molecule has 1 aliphatic rings. The lowest BCUT2D eigenvalue weighted by Gasteiger charge is -2.26. The molecule has 0 aliphatic heterocycles. The van der Waals surface area contributed by atoms with Crippen LogP contribution in [0.25, 0.3) is 0 Å². The first-order chi connectivity index (χ1) is 9.51. The highest BCUT2D eigenvalue weighted by Gasteiger charge is 2.16. The lowest BCUT2D eigenvalue weighted by atomic mass is 9.96. The first-order valence-corrected chi connectivity index (χ1v) is 7.97. The molecule has 1 atom stereocenters.